The van der Waals surface area contributed by atoms with E-state index < -0.39 is 0 Å². The Morgan fingerprint density at radius 1 is 0.952 bits per heavy atom. The van der Waals surface area contributed by atoms with E-state index in [0.717, 1.165) is 12.5 Å². The van der Waals surface area contributed by atoms with E-state index in [4.69, 9.17) is 5.73 Å². The summed E-state index contributed by atoms with van der Waals surface area (Å²) in [7, 11) is 0. The molecule has 1 aromatic carbocycles. The molecule has 3 unspecified atom stereocenters. The van der Waals surface area contributed by atoms with E-state index in [1.165, 1.54) is 63.6 Å². The molecule has 3 atom stereocenters. The number of benzene rings is 1. The van der Waals surface area contributed by atoms with Gasteiger partial charge in [-0.05, 0) is 69.1 Å². The van der Waals surface area contributed by atoms with Crippen molar-refractivity contribution < 1.29 is 0 Å². The van der Waals surface area contributed by atoms with E-state index in [1.807, 2.05) is 0 Å². The summed E-state index contributed by atoms with van der Waals surface area (Å²) in [6.07, 6.45) is 9.52. The lowest BCUT2D eigenvalue weighted by Gasteiger charge is -2.42. The van der Waals surface area contributed by atoms with Crippen LogP contribution in [0.4, 0.5) is 0 Å². The van der Waals surface area contributed by atoms with Crippen LogP contribution in [-0.2, 0) is 0 Å². The van der Waals surface area contributed by atoms with Crippen LogP contribution in [0, 0.1) is 5.92 Å². The Morgan fingerprint density at radius 2 is 1.67 bits per heavy atom. The molecule has 3 rings (SSSR count). The summed E-state index contributed by atoms with van der Waals surface area (Å²) in [6, 6.07) is 11.8. The SMILES string of the molecule is NCC1CCC(c2ccccc2)CC1N1CCCCCC1. The summed E-state index contributed by atoms with van der Waals surface area (Å²) in [5, 5.41) is 0. The quantitative estimate of drug-likeness (QED) is 0.916. The van der Waals surface area contributed by atoms with Gasteiger partial charge < -0.3 is 10.6 Å². The van der Waals surface area contributed by atoms with Crippen LogP contribution in [-0.4, -0.2) is 30.6 Å². The van der Waals surface area contributed by atoms with Gasteiger partial charge in [-0.15, -0.1) is 0 Å². The molecule has 1 saturated heterocycles. The molecule has 0 spiro atoms. The number of rotatable bonds is 3. The van der Waals surface area contributed by atoms with Crippen LogP contribution in [0.3, 0.4) is 0 Å². The van der Waals surface area contributed by atoms with Crippen molar-refractivity contribution in [2.75, 3.05) is 19.6 Å². The predicted octanol–water partition coefficient (Wildman–Crippen LogP) is 3.77. The first-order valence-corrected chi connectivity index (χ1v) is 8.87. The summed E-state index contributed by atoms with van der Waals surface area (Å²) in [5.74, 6) is 1.45. The molecule has 1 aliphatic heterocycles. The molecule has 1 heterocycles. The van der Waals surface area contributed by atoms with Crippen LogP contribution in [0.1, 0.15) is 56.4 Å². The van der Waals surface area contributed by atoms with Crippen molar-refractivity contribution in [3.05, 3.63) is 35.9 Å². The molecule has 2 fully saturated rings. The lowest BCUT2D eigenvalue weighted by atomic mass is 9.75. The van der Waals surface area contributed by atoms with Crippen molar-refractivity contribution in [2.45, 2.75) is 56.9 Å². The minimum atomic E-state index is 0.711. The van der Waals surface area contributed by atoms with Crippen LogP contribution in [0.2, 0.25) is 0 Å². The van der Waals surface area contributed by atoms with Crippen LogP contribution in [0.5, 0.6) is 0 Å². The van der Waals surface area contributed by atoms with Crippen molar-refractivity contribution in [3.63, 3.8) is 0 Å². The van der Waals surface area contributed by atoms with Crippen LogP contribution in [0.25, 0.3) is 0 Å². The van der Waals surface area contributed by atoms with Crippen molar-refractivity contribution in [3.8, 4) is 0 Å². The van der Waals surface area contributed by atoms with Gasteiger partial charge in [-0.3, -0.25) is 0 Å². The van der Waals surface area contributed by atoms with Crippen LogP contribution >= 0.6 is 0 Å². The normalized spacial score (nSPS) is 31.8. The molecular weight excluding hydrogens is 256 g/mol. The minimum absolute atomic E-state index is 0.711. The Bertz CT molecular complexity index is 409. The van der Waals surface area contributed by atoms with Gasteiger partial charge >= 0.3 is 0 Å². The summed E-state index contributed by atoms with van der Waals surface area (Å²) in [6.45, 7) is 3.45. The molecular formula is C19H30N2. The van der Waals surface area contributed by atoms with Gasteiger partial charge in [0.25, 0.3) is 0 Å². The molecule has 2 aliphatic rings. The summed E-state index contributed by atoms with van der Waals surface area (Å²) >= 11 is 0. The fourth-order valence-electron chi connectivity index (χ4n) is 4.39. The number of nitrogens with two attached hydrogens (primary N) is 1. The average molecular weight is 286 g/mol. The highest BCUT2D eigenvalue weighted by atomic mass is 15.2. The minimum Gasteiger partial charge on any atom is -0.330 e. The average Bonchev–Trinajstić information content (AvgIpc) is 2.84. The van der Waals surface area contributed by atoms with E-state index >= 15 is 0 Å². The molecule has 0 amide bonds. The maximum Gasteiger partial charge on any atom is 0.0141 e. The van der Waals surface area contributed by atoms with Crippen LogP contribution < -0.4 is 5.73 Å². The predicted molar refractivity (Wildman–Crippen MR) is 89.4 cm³/mol. The zero-order chi connectivity index (χ0) is 14.5. The van der Waals surface area contributed by atoms with E-state index in [0.29, 0.717) is 12.0 Å². The second kappa shape index (κ2) is 7.42. The highest BCUT2D eigenvalue weighted by Gasteiger charge is 2.34. The zero-order valence-corrected chi connectivity index (χ0v) is 13.2. The Kier molecular flexibility index (Phi) is 5.32. The summed E-state index contributed by atoms with van der Waals surface area (Å²) < 4.78 is 0. The maximum absolute atomic E-state index is 6.10. The van der Waals surface area contributed by atoms with E-state index in [2.05, 4.69) is 35.2 Å². The van der Waals surface area contributed by atoms with Gasteiger partial charge in [0.15, 0.2) is 0 Å². The molecule has 0 bridgehead atoms. The molecule has 1 saturated carbocycles. The molecule has 1 aliphatic carbocycles. The largest absolute Gasteiger partial charge is 0.330 e. The molecule has 0 radical (unpaired) electrons. The molecule has 116 valence electrons. The van der Waals surface area contributed by atoms with E-state index in [-0.39, 0.29) is 0 Å². The van der Waals surface area contributed by atoms with Crippen molar-refractivity contribution in [1.29, 1.82) is 0 Å². The fourth-order valence-corrected chi connectivity index (χ4v) is 4.39. The Morgan fingerprint density at radius 3 is 2.33 bits per heavy atom. The second-order valence-corrected chi connectivity index (χ2v) is 6.93. The monoisotopic (exact) mass is 286 g/mol. The highest BCUT2D eigenvalue weighted by molar-refractivity contribution is 5.20. The molecule has 2 heteroatoms. The molecule has 21 heavy (non-hydrogen) atoms. The van der Waals surface area contributed by atoms with Crippen molar-refractivity contribution >= 4 is 0 Å². The molecule has 2 nitrogen and oxygen atoms in total. The number of hydrogen-bond acceptors (Lipinski definition) is 2. The van der Waals surface area contributed by atoms with Gasteiger partial charge in [0, 0.05) is 6.04 Å². The third kappa shape index (κ3) is 3.67. The number of nitrogens with zero attached hydrogens (tertiary/aromatic N) is 1. The lowest BCUT2D eigenvalue weighted by Crippen LogP contribution is -2.46. The van der Waals surface area contributed by atoms with Crippen LogP contribution in [0.15, 0.2) is 30.3 Å². The first kappa shape index (κ1) is 15.1. The highest BCUT2D eigenvalue weighted by Crippen LogP contribution is 2.38. The molecule has 0 aromatic heterocycles. The van der Waals surface area contributed by atoms with Gasteiger partial charge in [0.1, 0.15) is 0 Å². The first-order valence-electron chi connectivity index (χ1n) is 8.87. The Hall–Kier alpha value is -0.860. The Balaban J connectivity index is 1.72. The van der Waals surface area contributed by atoms with E-state index in [9.17, 15) is 0 Å². The van der Waals surface area contributed by atoms with E-state index in [1.54, 1.807) is 0 Å². The number of hydrogen-bond donors (Lipinski definition) is 1. The van der Waals surface area contributed by atoms with Gasteiger partial charge in [-0.1, -0.05) is 43.2 Å². The Labute approximate surface area is 129 Å². The van der Waals surface area contributed by atoms with Crippen molar-refractivity contribution in [2.24, 2.45) is 11.7 Å². The third-order valence-corrected chi connectivity index (χ3v) is 5.64. The lowest BCUT2D eigenvalue weighted by molar-refractivity contribution is 0.101. The second-order valence-electron chi connectivity index (χ2n) is 6.93. The summed E-state index contributed by atoms with van der Waals surface area (Å²) in [5.41, 5.74) is 7.63. The molecule has 2 N–H and O–H groups in total. The summed E-state index contributed by atoms with van der Waals surface area (Å²) in [4.78, 5) is 2.78. The van der Waals surface area contributed by atoms with Gasteiger partial charge in [0.05, 0.1) is 0 Å². The topological polar surface area (TPSA) is 29.3 Å². The van der Waals surface area contributed by atoms with Gasteiger partial charge in [0.2, 0.25) is 0 Å². The van der Waals surface area contributed by atoms with Gasteiger partial charge in [-0.2, -0.15) is 0 Å². The maximum atomic E-state index is 6.10. The molecule has 1 aromatic rings. The standard InChI is InChI=1S/C19H30N2/c20-15-18-11-10-17(16-8-4-3-5-9-16)14-19(18)21-12-6-1-2-7-13-21/h3-5,8-9,17-19H,1-2,6-7,10-15,20H2. The van der Waals surface area contributed by atoms with Crippen molar-refractivity contribution in [1.82, 2.24) is 4.90 Å². The third-order valence-electron chi connectivity index (χ3n) is 5.64. The van der Waals surface area contributed by atoms with Gasteiger partial charge in [-0.25, -0.2) is 0 Å². The fraction of sp³-hybridized carbons (Fsp3) is 0.684. The smallest absolute Gasteiger partial charge is 0.0141 e. The number of likely N-dealkylation sites (tertiary alicyclic amines) is 1. The zero-order valence-electron chi connectivity index (χ0n) is 13.2. The first-order chi connectivity index (χ1) is 10.4.